The van der Waals surface area contributed by atoms with Crippen molar-refractivity contribution in [1.82, 2.24) is 15.2 Å². The van der Waals surface area contributed by atoms with Crippen LogP contribution in [-0.2, 0) is 0 Å². The van der Waals surface area contributed by atoms with Crippen LogP contribution in [0.3, 0.4) is 0 Å². The van der Waals surface area contributed by atoms with Gasteiger partial charge in [-0.1, -0.05) is 24.4 Å². The molecule has 6 heteroatoms. The highest BCUT2D eigenvalue weighted by molar-refractivity contribution is 6.34. The fraction of sp³-hybridized carbons (Fsp3) is 0.462. The molecule has 1 aliphatic carbocycles. The Kier molecular flexibility index (Phi) is 3.48. The summed E-state index contributed by atoms with van der Waals surface area (Å²) in [5, 5.41) is 23.3. The maximum absolute atomic E-state index is 10.0. The topological polar surface area (TPSA) is 70.9 Å². The number of pyridine rings is 1. The van der Waals surface area contributed by atoms with Crippen LogP contribution in [0.1, 0.15) is 25.7 Å². The van der Waals surface area contributed by atoms with Gasteiger partial charge in [0, 0.05) is 23.2 Å². The third kappa shape index (κ3) is 2.48. The van der Waals surface area contributed by atoms with E-state index in [9.17, 15) is 5.11 Å². The van der Waals surface area contributed by atoms with E-state index < -0.39 is 0 Å². The monoisotopic (exact) mass is 278 g/mol. The first kappa shape index (κ1) is 12.6. The fourth-order valence-electron chi connectivity index (χ4n) is 2.53. The van der Waals surface area contributed by atoms with E-state index in [4.69, 9.17) is 11.6 Å². The van der Waals surface area contributed by atoms with Gasteiger partial charge in [0.1, 0.15) is 0 Å². The first-order chi connectivity index (χ1) is 9.25. The van der Waals surface area contributed by atoms with E-state index in [1.807, 2.05) is 6.07 Å². The lowest BCUT2D eigenvalue weighted by atomic mass is 9.92. The van der Waals surface area contributed by atoms with Gasteiger partial charge in [0.2, 0.25) is 0 Å². The van der Waals surface area contributed by atoms with Crippen molar-refractivity contribution in [2.75, 3.05) is 5.32 Å². The molecule has 2 heterocycles. The van der Waals surface area contributed by atoms with Gasteiger partial charge >= 0.3 is 0 Å². The normalized spacial score (nSPS) is 23.5. The Hall–Kier alpha value is -1.46. The summed E-state index contributed by atoms with van der Waals surface area (Å²) in [6.45, 7) is 0. The molecule has 0 spiro atoms. The standard InChI is InChI=1S/C13H15ClN4O/c14-12-8-5-6-15-7-9(8)13(18-17-12)16-10-3-1-2-4-11(10)19/h5-7,10-11,19H,1-4H2,(H,16,18)/t10-,11?/m1/s1. The van der Waals surface area contributed by atoms with Crippen LogP contribution in [-0.4, -0.2) is 32.4 Å². The number of nitrogens with zero attached hydrogens (tertiary/aromatic N) is 3. The molecular weight excluding hydrogens is 264 g/mol. The minimum Gasteiger partial charge on any atom is -0.391 e. The summed E-state index contributed by atoms with van der Waals surface area (Å²) in [5.74, 6) is 0.637. The molecule has 1 saturated carbocycles. The Bertz CT molecular complexity index is 592. The molecule has 0 aromatic carbocycles. The van der Waals surface area contributed by atoms with E-state index in [1.54, 1.807) is 12.4 Å². The van der Waals surface area contributed by atoms with Crippen LogP contribution < -0.4 is 5.32 Å². The number of hydrogen-bond donors (Lipinski definition) is 2. The number of aromatic nitrogens is 3. The van der Waals surface area contributed by atoms with Crippen molar-refractivity contribution in [2.24, 2.45) is 0 Å². The Morgan fingerprint density at radius 2 is 2.05 bits per heavy atom. The number of aliphatic hydroxyl groups is 1. The molecule has 1 unspecified atom stereocenters. The minimum absolute atomic E-state index is 0.0210. The highest BCUT2D eigenvalue weighted by Gasteiger charge is 2.24. The van der Waals surface area contributed by atoms with E-state index in [0.29, 0.717) is 11.0 Å². The second-order valence-electron chi connectivity index (χ2n) is 4.86. The highest BCUT2D eigenvalue weighted by Crippen LogP contribution is 2.27. The average molecular weight is 279 g/mol. The van der Waals surface area contributed by atoms with Gasteiger partial charge in [-0.3, -0.25) is 4.98 Å². The molecule has 1 fully saturated rings. The summed E-state index contributed by atoms with van der Waals surface area (Å²) in [5.41, 5.74) is 0. The summed E-state index contributed by atoms with van der Waals surface area (Å²) >= 11 is 6.02. The lowest BCUT2D eigenvalue weighted by Gasteiger charge is -2.28. The molecule has 0 aliphatic heterocycles. The molecule has 0 amide bonds. The number of rotatable bonds is 2. The summed E-state index contributed by atoms with van der Waals surface area (Å²) in [6, 6.07) is 1.84. The van der Waals surface area contributed by atoms with Crippen molar-refractivity contribution >= 4 is 28.2 Å². The van der Waals surface area contributed by atoms with Crippen molar-refractivity contribution in [1.29, 1.82) is 0 Å². The Morgan fingerprint density at radius 1 is 1.21 bits per heavy atom. The summed E-state index contributed by atoms with van der Waals surface area (Å²) in [7, 11) is 0. The Balaban J connectivity index is 1.94. The third-order valence-electron chi connectivity index (χ3n) is 3.59. The van der Waals surface area contributed by atoms with Crippen LogP contribution >= 0.6 is 11.6 Å². The van der Waals surface area contributed by atoms with Gasteiger partial charge in [-0.15, -0.1) is 10.2 Å². The SMILES string of the molecule is OC1CCCC[C@H]1Nc1nnc(Cl)c2ccncc12. The third-order valence-corrected chi connectivity index (χ3v) is 3.87. The summed E-state index contributed by atoms with van der Waals surface area (Å²) in [4.78, 5) is 4.10. The molecule has 19 heavy (non-hydrogen) atoms. The van der Waals surface area contributed by atoms with Crippen LogP contribution in [0.15, 0.2) is 18.5 Å². The van der Waals surface area contributed by atoms with Gasteiger partial charge in [0.15, 0.2) is 11.0 Å². The number of anilines is 1. The summed E-state index contributed by atoms with van der Waals surface area (Å²) < 4.78 is 0. The van der Waals surface area contributed by atoms with Gasteiger partial charge in [-0.05, 0) is 18.9 Å². The van der Waals surface area contributed by atoms with Crippen molar-refractivity contribution in [3.63, 3.8) is 0 Å². The Morgan fingerprint density at radius 3 is 2.89 bits per heavy atom. The second-order valence-corrected chi connectivity index (χ2v) is 5.22. The number of fused-ring (bicyclic) bond motifs is 1. The molecule has 3 rings (SSSR count). The van der Waals surface area contributed by atoms with Gasteiger partial charge in [-0.25, -0.2) is 0 Å². The smallest absolute Gasteiger partial charge is 0.159 e. The maximum atomic E-state index is 10.0. The zero-order chi connectivity index (χ0) is 13.2. The van der Waals surface area contributed by atoms with E-state index in [1.165, 1.54) is 0 Å². The van der Waals surface area contributed by atoms with Crippen LogP contribution in [0.5, 0.6) is 0 Å². The van der Waals surface area contributed by atoms with Crippen LogP contribution in [0.25, 0.3) is 10.8 Å². The quantitative estimate of drug-likeness (QED) is 0.883. The number of nitrogens with one attached hydrogen (secondary N) is 1. The van der Waals surface area contributed by atoms with Gasteiger partial charge < -0.3 is 10.4 Å². The predicted molar refractivity (Wildman–Crippen MR) is 74.2 cm³/mol. The highest BCUT2D eigenvalue weighted by atomic mass is 35.5. The first-order valence-corrected chi connectivity index (χ1v) is 6.84. The fourth-order valence-corrected chi connectivity index (χ4v) is 2.73. The molecule has 0 bridgehead atoms. The summed E-state index contributed by atoms with van der Waals surface area (Å²) in [6.07, 6.45) is 7.02. The van der Waals surface area contributed by atoms with Gasteiger partial charge in [-0.2, -0.15) is 0 Å². The molecule has 2 aromatic rings. The molecule has 1 aliphatic rings. The van der Waals surface area contributed by atoms with Gasteiger partial charge in [0.25, 0.3) is 0 Å². The number of hydrogen-bond acceptors (Lipinski definition) is 5. The van der Waals surface area contributed by atoms with E-state index in [0.717, 1.165) is 36.5 Å². The Labute approximate surface area is 116 Å². The molecule has 2 N–H and O–H groups in total. The van der Waals surface area contributed by atoms with E-state index >= 15 is 0 Å². The molecule has 2 aromatic heterocycles. The zero-order valence-corrected chi connectivity index (χ0v) is 11.1. The van der Waals surface area contributed by atoms with Gasteiger partial charge in [0.05, 0.1) is 12.1 Å². The molecule has 0 saturated heterocycles. The van der Waals surface area contributed by atoms with Crippen molar-refractivity contribution in [2.45, 2.75) is 37.8 Å². The zero-order valence-electron chi connectivity index (χ0n) is 10.4. The van der Waals surface area contributed by atoms with Crippen LogP contribution in [0.4, 0.5) is 5.82 Å². The molecule has 0 radical (unpaired) electrons. The lowest BCUT2D eigenvalue weighted by Crippen LogP contribution is -2.36. The first-order valence-electron chi connectivity index (χ1n) is 6.46. The van der Waals surface area contributed by atoms with Crippen molar-refractivity contribution < 1.29 is 5.11 Å². The molecule has 5 nitrogen and oxygen atoms in total. The number of halogens is 1. The maximum Gasteiger partial charge on any atom is 0.159 e. The molecule has 100 valence electrons. The molecule has 2 atom stereocenters. The van der Waals surface area contributed by atoms with Crippen LogP contribution in [0.2, 0.25) is 5.15 Å². The molecular formula is C13H15ClN4O. The van der Waals surface area contributed by atoms with Crippen LogP contribution in [0, 0.1) is 0 Å². The average Bonchev–Trinajstić information content (AvgIpc) is 2.44. The minimum atomic E-state index is -0.335. The van der Waals surface area contributed by atoms with E-state index in [2.05, 4.69) is 20.5 Å². The number of aliphatic hydroxyl groups excluding tert-OH is 1. The lowest BCUT2D eigenvalue weighted by molar-refractivity contribution is 0.116. The second kappa shape index (κ2) is 5.27. The predicted octanol–water partition coefficient (Wildman–Crippen LogP) is 2.39. The van der Waals surface area contributed by atoms with Crippen molar-refractivity contribution in [3.05, 3.63) is 23.6 Å². The van der Waals surface area contributed by atoms with E-state index in [-0.39, 0.29) is 12.1 Å². The van der Waals surface area contributed by atoms with Crippen molar-refractivity contribution in [3.8, 4) is 0 Å². The largest absolute Gasteiger partial charge is 0.391 e.